The van der Waals surface area contributed by atoms with Crippen molar-refractivity contribution in [2.45, 2.75) is 25.9 Å². The van der Waals surface area contributed by atoms with Crippen molar-refractivity contribution in [1.29, 1.82) is 0 Å². The monoisotopic (exact) mass is 222 g/mol. The number of hydrogen-bond acceptors (Lipinski definition) is 3. The predicted octanol–water partition coefficient (Wildman–Crippen LogP) is 2.54. The van der Waals surface area contributed by atoms with Gasteiger partial charge in [0, 0.05) is 5.56 Å². The van der Waals surface area contributed by atoms with E-state index in [0.717, 1.165) is 29.9 Å². The van der Waals surface area contributed by atoms with Crippen molar-refractivity contribution >= 4 is 0 Å². The molecule has 88 valence electrons. The second-order valence-electron chi connectivity index (χ2n) is 4.66. The standard InChI is InChI=1S/C13H18O3/c1-13(6-7-13)12(14)10-8-9(15-2)4-5-11(10)16-3/h4-5,8,12,14H,6-7H2,1-3H3. The quantitative estimate of drug-likeness (QED) is 0.850. The van der Waals surface area contributed by atoms with Crippen LogP contribution in [0.15, 0.2) is 18.2 Å². The normalized spacial score (nSPS) is 19.0. The molecule has 3 nitrogen and oxygen atoms in total. The Morgan fingerprint density at radius 3 is 2.44 bits per heavy atom. The van der Waals surface area contributed by atoms with Gasteiger partial charge in [-0.15, -0.1) is 0 Å². The van der Waals surface area contributed by atoms with Gasteiger partial charge in [-0.25, -0.2) is 0 Å². The van der Waals surface area contributed by atoms with Crippen molar-refractivity contribution in [2.24, 2.45) is 5.41 Å². The zero-order chi connectivity index (χ0) is 11.8. The lowest BCUT2D eigenvalue weighted by Gasteiger charge is -2.20. The maximum atomic E-state index is 10.3. The average Bonchev–Trinajstić information content (AvgIpc) is 3.06. The van der Waals surface area contributed by atoms with Crippen LogP contribution in [0.25, 0.3) is 0 Å². The first-order chi connectivity index (χ1) is 7.60. The minimum absolute atomic E-state index is 0.0135. The van der Waals surface area contributed by atoms with Crippen molar-refractivity contribution in [3.63, 3.8) is 0 Å². The summed E-state index contributed by atoms with van der Waals surface area (Å²) in [6, 6.07) is 5.53. The number of rotatable bonds is 4. The van der Waals surface area contributed by atoms with E-state index in [2.05, 4.69) is 6.92 Å². The van der Waals surface area contributed by atoms with Gasteiger partial charge in [0.05, 0.1) is 20.3 Å². The smallest absolute Gasteiger partial charge is 0.124 e. The molecular weight excluding hydrogens is 204 g/mol. The van der Waals surface area contributed by atoms with E-state index in [-0.39, 0.29) is 5.41 Å². The molecule has 0 aliphatic heterocycles. The Hall–Kier alpha value is -1.22. The first kappa shape index (κ1) is 11.3. The van der Waals surface area contributed by atoms with Gasteiger partial charge in [0.2, 0.25) is 0 Å². The van der Waals surface area contributed by atoms with Crippen LogP contribution in [0.1, 0.15) is 31.4 Å². The van der Waals surface area contributed by atoms with Gasteiger partial charge < -0.3 is 14.6 Å². The van der Waals surface area contributed by atoms with Crippen LogP contribution < -0.4 is 9.47 Å². The van der Waals surface area contributed by atoms with E-state index < -0.39 is 6.10 Å². The van der Waals surface area contributed by atoms with E-state index >= 15 is 0 Å². The number of methoxy groups -OCH3 is 2. The lowest BCUT2D eigenvalue weighted by Crippen LogP contribution is -2.11. The number of aliphatic hydroxyl groups is 1. The summed E-state index contributed by atoms with van der Waals surface area (Å²) in [6.45, 7) is 2.09. The molecule has 0 saturated heterocycles. The Bertz CT molecular complexity index is 383. The van der Waals surface area contributed by atoms with Crippen molar-refractivity contribution in [2.75, 3.05) is 14.2 Å². The Labute approximate surface area is 96.0 Å². The highest BCUT2D eigenvalue weighted by atomic mass is 16.5. The van der Waals surface area contributed by atoms with Gasteiger partial charge in [-0.3, -0.25) is 0 Å². The molecule has 0 heterocycles. The summed E-state index contributed by atoms with van der Waals surface area (Å²) < 4.78 is 10.4. The third-order valence-electron chi connectivity index (χ3n) is 3.43. The lowest BCUT2D eigenvalue weighted by atomic mass is 9.94. The van der Waals surface area contributed by atoms with Crippen LogP contribution >= 0.6 is 0 Å². The van der Waals surface area contributed by atoms with Crippen molar-refractivity contribution in [1.82, 2.24) is 0 Å². The van der Waals surface area contributed by atoms with Gasteiger partial charge in [-0.2, -0.15) is 0 Å². The molecule has 1 aliphatic carbocycles. The topological polar surface area (TPSA) is 38.7 Å². The molecule has 1 aromatic rings. The van der Waals surface area contributed by atoms with Crippen molar-refractivity contribution in [3.8, 4) is 11.5 Å². The van der Waals surface area contributed by atoms with Crippen LogP contribution in [0.2, 0.25) is 0 Å². The van der Waals surface area contributed by atoms with Gasteiger partial charge in [-0.05, 0) is 36.5 Å². The highest BCUT2D eigenvalue weighted by molar-refractivity contribution is 5.42. The van der Waals surface area contributed by atoms with Gasteiger partial charge >= 0.3 is 0 Å². The maximum Gasteiger partial charge on any atom is 0.124 e. The van der Waals surface area contributed by atoms with Gasteiger partial charge in [0.1, 0.15) is 11.5 Å². The molecular formula is C13H18O3. The molecule has 1 unspecified atom stereocenters. The van der Waals surface area contributed by atoms with E-state index in [4.69, 9.17) is 9.47 Å². The summed E-state index contributed by atoms with van der Waals surface area (Å²) in [5.41, 5.74) is 0.835. The summed E-state index contributed by atoms with van der Waals surface area (Å²) in [6.07, 6.45) is 1.65. The van der Waals surface area contributed by atoms with Gasteiger partial charge in [0.25, 0.3) is 0 Å². The second kappa shape index (κ2) is 3.98. The molecule has 0 radical (unpaired) electrons. The number of ether oxygens (including phenoxy) is 2. The molecule has 0 spiro atoms. The Morgan fingerprint density at radius 2 is 1.94 bits per heavy atom. The number of hydrogen-bond donors (Lipinski definition) is 1. The highest BCUT2D eigenvalue weighted by Gasteiger charge is 2.45. The fourth-order valence-electron chi connectivity index (χ4n) is 1.90. The molecule has 16 heavy (non-hydrogen) atoms. The van der Waals surface area contributed by atoms with Crippen LogP contribution in [0.5, 0.6) is 11.5 Å². The molecule has 1 fully saturated rings. The molecule has 1 N–H and O–H groups in total. The van der Waals surface area contributed by atoms with Crippen LogP contribution in [-0.4, -0.2) is 19.3 Å². The maximum absolute atomic E-state index is 10.3. The summed E-state index contributed by atoms with van der Waals surface area (Å²) in [7, 11) is 3.24. The van der Waals surface area contributed by atoms with Crippen molar-refractivity contribution in [3.05, 3.63) is 23.8 Å². The summed E-state index contributed by atoms with van der Waals surface area (Å²) >= 11 is 0. The van der Waals surface area contributed by atoms with E-state index in [9.17, 15) is 5.11 Å². The highest BCUT2D eigenvalue weighted by Crippen LogP contribution is 2.55. The summed E-state index contributed by atoms with van der Waals surface area (Å²) in [4.78, 5) is 0. The zero-order valence-corrected chi connectivity index (χ0v) is 9.99. The largest absolute Gasteiger partial charge is 0.497 e. The Morgan fingerprint density at radius 1 is 1.25 bits per heavy atom. The van der Waals surface area contributed by atoms with E-state index in [1.165, 1.54) is 0 Å². The molecule has 0 aromatic heterocycles. The zero-order valence-electron chi connectivity index (χ0n) is 9.99. The number of benzene rings is 1. The summed E-state index contributed by atoms with van der Waals surface area (Å²) in [5, 5.41) is 10.3. The third-order valence-corrected chi connectivity index (χ3v) is 3.43. The molecule has 0 bridgehead atoms. The van der Waals surface area contributed by atoms with E-state index in [1.54, 1.807) is 14.2 Å². The molecule has 1 aromatic carbocycles. The number of aliphatic hydroxyl groups excluding tert-OH is 1. The van der Waals surface area contributed by atoms with Crippen LogP contribution in [0.3, 0.4) is 0 Å². The first-order valence-corrected chi connectivity index (χ1v) is 5.51. The lowest BCUT2D eigenvalue weighted by molar-refractivity contribution is 0.100. The average molecular weight is 222 g/mol. The Kier molecular flexibility index (Phi) is 2.80. The minimum Gasteiger partial charge on any atom is -0.497 e. The fourth-order valence-corrected chi connectivity index (χ4v) is 1.90. The van der Waals surface area contributed by atoms with Gasteiger partial charge in [0.15, 0.2) is 0 Å². The fraction of sp³-hybridized carbons (Fsp3) is 0.538. The van der Waals surface area contributed by atoms with E-state index in [1.807, 2.05) is 18.2 Å². The summed E-state index contributed by atoms with van der Waals surface area (Å²) in [5.74, 6) is 1.47. The third kappa shape index (κ3) is 1.87. The molecule has 1 atom stereocenters. The van der Waals surface area contributed by atoms with Crippen LogP contribution in [0, 0.1) is 5.41 Å². The molecule has 3 heteroatoms. The first-order valence-electron chi connectivity index (χ1n) is 5.51. The SMILES string of the molecule is COc1ccc(OC)c(C(O)C2(C)CC2)c1. The van der Waals surface area contributed by atoms with Crippen molar-refractivity contribution < 1.29 is 14.6 Å². The molecule has 0 amide bonds. The van der Waals surface area contributed by atoms with Crippen LogP contribution in [-0.2, 0) is 0 Å². The van der Waals surface area contributed by atoms with Crippen LogP contribution in [0.4, 0.5) is 0 Å². The molecule has 1 saturated carbocycles. The molecule has 1 aliphatic rings. The minimum atomic E-state index is -0.474. The Balaban J connectivity index is 2.36. The van der Waals surface area contributed by atoms with Gasteiger partial charge in [-0.1, -0.05) is 6.92 Å². The predicted molar refractivity (Wildman–Crippen MR) is 61.8 cm³/mol. The van der Waals surface area contributed by atoms with E-state index in [0.29, 0.717) is 0 Å². The molecule has 2 rings (SSSR count). The second-order valence-corrected chi connectivity index (χ2v) is 4.66.